The van der Waals surface area contributed by atoms with Crippen LogP contribution in [0.4, 0.5) is 0 Å². The van der Waals surface area contributed by atoms with Gasteiger partial charge in [0.25, 0.3) is 0 Å². The summed E-state index contributed by atoms with van der Waals surface area (Å²) in [6, 6.07) is 10.4. The van der Waals surface area contributed by atoms with Crippen molar-refractivity contribution in [1.82, 2.24) is 0 Å². The van der Waals surface area contributed by atoms with Crippen molar-refractivity contribution in [2.45, 2.75) is 26.1 Å². The molecular weight excluding hydrogens is 176 g/mol. The fourth-order valence-corrected chi connectivity index (χ4v) is 2.96. The van der Waals surface area contributed by atoms with Gasteiger partial charge in [-0.25, -0.2) is 0 Å². The first kappa shape index (κ1) is 10.2. The van der Waals surface area contributed by atoms with Crippen LogP contribution >= 0.6 is 0 Å². The minimum absolute atomic E-state index is 0.198. The summed E-state index contributed by atoms with van der Waals surface area (Å²) in [6.45, 7) is 6.64. The van der Waals surface area contributed by atoms with Gasteiger partial charge in [0.15, 0.2) is 5.43 Å². The van der Waals surface area contributed by atoms with Crippen molar-refractivity contribution in [2.75, 3.05) is 0 Å². The molecule has 0 aliphatic carbocycles. The van der Waals surface area contributed by atoms with Gasteiger partial charge in [0.2, 0.25) is 0 Å². The first-order valence-electron chi connectivity index (χ1n) is 4.68. The van der Waals surface area contributed by atoms with Gasteiger partial charge in [-0.3, -0.25) is 4.79 Å². The lowest BCUT2D eigenvalue weighted by Gasteiger charge is -2.18. The van der Waals surface area contributed by atoms with E-state index in [2.05, 4.69) is 20.0 Å². The van der Waals surface area contributed by atoms with E-state index in [1.165, 1.54) is 0 Å². The third-order valence-electron chi connectivity index (χ3n) is 2.61. The largest absolute Gasteiger partial charge is 0.290 e. The van der Waals surface area contributed by atoms with Crippen LogP contribution in [0.1, 0.15) is 6.92 Å². The molecule has 0 N–H and O–H groups in total. The van der Waals surface area contributed by atoms with Crippen molar-refractivity contribution in [3.8, 4) is 0 Å². The van der Waals surface area contributed by atoms with E-state index >= 15 is 0 Å². The molecule has 1 rings (SSSR count). The summed E-state index contributed by atoms with van der Waals surface area (Å²) in [5, 5.41) is 1.04. The van der Waals surface area contributed by atoms with Gasteiger partial charge in [-0.1, -0.05) is 50.3 Å². The van der Waals surface area contributed by atoms with Crippen molar-refractivity contribution in [3.05, 3.63) is 40.6 Å². The molecular formula is C11H16OSi. The van der Waals surface area contributed by atoms with Gasteiger partial charge in [-0.2, -0.15) is 0 Å². The minimum Gasteiger partial charge on any atom is -0.290 e. The van der Waals surface area contributed by atoms with Crippen LogP contribution < -0.4 is 10.6 Å². The molecule has 13 heavy (non-hydrogen) atoms. The predicted molar refractivity (Wildman–Crippen MR) is 60.3 cm³/mol. The third kappa shape index (κ3) is 2.28. The Bertz CT molecular complexity index is 344. The fraction of sp³-hybridized carbons (Fsp3) is 0.364. The lowest BCUT2D eigenvalue weighted by molar-refractivity contribution is 1.37. The van der Waals surface area contributed by atoms with Crippen LogP contribution in [0, 0.1) is 0 Å². The monoisotopic (exact) mass is 192 g/mol. The molecule has 0 spiro atoms. The molecule has 0 heterocycles. The van der Waals surface area contributed by atoms with Crippen LogP contribution in [0.25, 0.3) is 0 Å². The van der Waals surface area contributed by atoms with Gasteiger partial charge >= 0.3 is 0 Å². The SMILES string of the molecule is CC[Si](C)(C)c1cccccc1=O. The van der Waals surface area contributed by atoms with Crippen LogP contribution in [0.5, 0.6) is 0 Å². The predicted octanol–water partition coefficient (Wildman–Crippen LogP) is 1.98. The van der Waals surface area contributed by atoms with E-state index in [4.69, 9.17) is 0 Å². The normalized spacial score (nSPS) is 11.3. The maximum Gasteiger partial charge on any atom is 0.177 e. The smallest absolute Gasteiger partial charge is 0.177 e. The number of rotatable bonds is 2. The highest BCUT2D eigenvalue weighted by atomic mass is 28.3. The van der Waals surface area contributed by atoms with Gasteiger partial charge in [-0.15, -0.1) is 0 Å². The van der Waals surface area contributed by atoms with Gasteiger partial charge in [0.05, 0.1) is 8.07 Å². The molecule has 0 fully saturated rings. The lowest BCUT2D eigenvalue weighted by atomic mass is 10.5. The van der Waals surface area contributed by atoms with Gasteiger partial charge in [0.1, 0.15) is 0 Å². The Morgan fingerprint density at radius 2 is 1.77 bits per heavy atom. The van der Waals surface area contributed by atoms with E-state index < -0.39 is 8.07 Å². The quantitative estimate of drug-likeness (QED) is 0.655. The molecule has 1 aromatic carbocycles. The Morgan fingerprint density at radius 1 is 1.15 bits per heavy atom. The number of hydrogen-bond donors (Lipinski definition) is 0. The van der Waals surface area contributed by atoms with Crippen molar-refractivity contribution in [3.63, 3.8) is 0 Å². The summed E-state index contributed by atoms with van der Waals surface area (Å²) in [7, 11) is -1.46. The van der Waals surface area contributed by atoms with Gasteiger partial charge in [0, 0.05) is 0 Å². The third-order valence-corrected chi connectivity index (χ3v) is 6.25. The van der Waals surface area contributed by atoms with E-state index in [1.54, 1.807) is 6.07 Å². The molecule has 0 amide bonds. The highest BCUT2D eigenvalue weighted by Gasteiger charge is 2.22. The second-order valence-electron chi connectivity index (χ2n) is 3.93. The Morgan fingerprint density at radius 3 is 2.38 bits per heavy atom. The summed E-state index contributed by atoms with van der Waals surface area (Å²) >= 11 is 0. The van der Waals surface area contributed by atoms with Crippen molar-refractivity contribution >= 4 is 13.3 Å². The van der Waals surface area contributed by atoms with Crippen LogP contribution in [0.3, 0.4) is 0 Å². The molecule has 2 heteroatoms. The maximum absolute atomic E-state index is 11.7. The van der Waals surface area contributed by atoms with E-state index in [0.717, 1.165) is 11.2 Å². The van der Waals surface area contributed by atoms with Crippen LogP contribution in [0.15, 0.2) is 35.1 Å². The topological polar surface area (TPSA) is 17.1 Å². The zero-order chi connectivity index (χ0) is 9.90. The highest BCUT2D eigenvalue weighted by molar-refractivity contribution is 6.89. The molecule has 70 valence electrons. The lowest BCUT2D eigenvalue weighted by Crippen LogP contribution is -2.47. The van der Waals surface area contributed by atoms with Crippen molar-refractivity contribution in [1.29, 1.82) is 0 Å². The summed E-state index contributed by atoms with van der Waals surface area (Å²) in [6.07, 6.45) is 0. The molecule has 0 radical (unpaired) electrons. The summed E-state index contributed by atoms with van der Waals surface area (Å²) in [5.74, 6) is 0. The molecule has 0 unspecified atom stereocenters. The summed E-state index contributed by atoms with van der Waals surface area (Å²) in [5.41, 5.74) is 0.198. The molecule has 0 saturated heterocycles. The van der Waals surface area contributed by atoms with E-state index in [-0.39, 0.29) is 5.43 Å². The first-order chi connectivity index (χ1) is 6.08. The van der Waals surface area contributed by atoms with E-state index in [9.17, 15) is 4.79 Å². The minimum atomic E-state index is -1.46. The highest BCUT2D eigenvalue weighted by Crippen LogP contribution is 2.05. The zero-order valence-electron chi connectivity index (χ0n) is 8.50. The summed E-state index contributed by atoms with van der Waals surface area (Å²) in [4.78, 5) is 11.7. The Balaban J connectivity index is 3.32. The molecule has 0 aliphatic rings. The van der Waals surface area contributed by atoms with Crippen molar-refractivity contribution < 1.29 is 0 Å². The Labute approximate surface area is 80.4 Å². The average molecular weight is 192 g/mol. The molecule has 1 nitrogen and oxygen atoms in total. The van der Waals surface area contributed by atoms with Gasteiger partial charge in [-0.05, 0) is 11.3 Å². The number of hydrogen-bond acceptors (Lipinski definition) is 1. The van der Waals surface area contributed by atoms with E-state index in [0.29, 0.717) is 0 Å². The average Bonchev–Trinajstić information content (AvgIpc) is 2.30. The molecule has 1 aromatic rings. The molecule has 0 saturated carbocycles. The second-order valence-corrected chi connectivity index (χ2v) is 8.94. The zero-order valence-corrected chi connectivity index (χ0v) is 9.50. The van der Waals surface area contributed by atoms with Crippen LogP contribution in [-0.4, -0.2) is 8.07 Å². The Kier molecular flexibility index (Phi) is 3.04. The Hall–Kier alpha value is -0.893. The molecule has 0 atom stereocenters. The second kappa shape index (κ2) is 3.88. The first-order valence-corrected chi connectivity index (χ1v) is 7.88. The summed E-state index contributed by atoms with van der Waals surface area (Å²) < 4.78 is 0. The molecule has 0 aromatic heterocycles. The van der Waals surface area contributed by atoms with E-state index in [1.807, 2.05) is 24.3 Å². The van der Waals surface area contributed by atoms with Gasteiger partial charge < -0.3 is 0 Å². The van der Waals surface area contributed by atoms with Crippen LogP contribution in [0.2, 0.25) is 19.1 Å². The molecule has 0 aliphatic heterocycles. The molecule has 0 bridgehead atoms. The maximum atomic E-state index is 11.7. The van der Waals surface area contributed by atoms with Crippen LogP contribution in [-0.2, 0) is 0 Å². The fourth-order valence-electron chi connectivity index (χ4n) is 1.28. The van der Waals surface area contributed by atoms with Crippen molar-refractivity contribution in [2.24, 2.45) is 0 Å². The standard InChI is InChI=1S/C11H16OSi/c1-4-13(2,3)11-9-7-5-6-8-10(11)12/h5-9H,4H2,1-3H3.